The molecular weight excluding hydrogens is 364 g/mol. The first kappa shape index (κ1) is 51.5. The molecule has 0 radical (unpaired) electrons. The predicted octanol–water partition coefficient (Wildman–Crippen LogP) is 11.0. The minimum Gasteiger partial charge on any atom is -0.298 e. The van der Waals surface area contributed by atoms with Crippen molar-refractivity contribution < 1.29 is 0 Å². The summed E-state index contributed by atoms with van der Waals surface area (Å²) >= 11 is 0. The number of aliphatic imine (C=N–C) groups is 2. The van der Waals surface area contributed by atoms with Crippen LogP contribution in [0.4, 0.5) is 0 Å². The summed E-state index contributed by atoms with van der Waals surface area (Å²) in [5, 5.41) is 0. The molecule has 0 saturated heterocycles. The molecule has 0 heterocycles. The van der Waals surface area contributed by atoms with Crippen LogP contribution in [-0.4, -0.2) is 25.5 Å². The van der Waals surface area contributed by atoms with E-state index in [0.717, 1.165) is 12.8 Å². The Morgan fingerprint density at radius 2 is 0.833 bits per heavy atom. The summed E-state index contributed by atoms with van der Waals surface area (Å²) in [5.74, 6) is 0. The summed E-state index contributed by atoms with van der Waals surface area (Å²) in [6, 6.07) is 0. The first-order valence-electron chi connectivity index (χ1n) is 10.3. The van der Waals surface area contributed by atoms with Gasteiger partial charge in [0.1, 0.15) is 0 Å². The smallest absolute Gasteiger partial charge is 0.0276 e. The standard InChI is InChI=1S/C8H16.2C6H13N.C4H8.4CH4/c1-5-6-8(4)7(2)3;2*1-4-5-6(2)7-3;1-3-4-2;;;;/h5-6H2,1-4H3;2*4-5H2,1-3H3;3-4H,1-2H3;4*1H4/b;;;4-3-;;;;. The Morgan fingerprint density at radius 3 is 0.900 bits per heavy atom. The molecule has 0 spiro atoms. The van der Waals surface area contributed by atoms with Crippen LogP contribution >= 0.6 is 0 Å². The molecule has 0 bridgehead atoms. The monoisotopic (exact) mass is 431 g/mol. The number of hydrogen-bond acceptors (Lipinski definition) is 2. The van der Waals surface area contributed by atoms with Gasteiger partial charge in [-0.3, -0.25) is 9.98 Å². The largest absolute Gasteiger partial charge is 0.298 e. The van der Waals surface area contributed by atoms with Crippen LogP contribution in [0.15, 0.2) is 33.3 Å². The molecule has 0 aliphatic heterocycles. The third kappa shape index (κ3) is 63.2. The van der Waals surface area contributed by atoms with Crippen LogP contribution in [0.1, 0.15) is 137 Å². The fraction of sp³-hybridized carbons (Fsp3) is 0.786. The van der Waals surface area contributed by atoms with Crippen molar-refractivity contribution in [3.8, 4) is 0 Å². The van der Waals surface area contributed by atoms with E-state index in [1.165, 1.54) is 42.7 Å². The average molecular weight is 431 g/mol. The van der Waals surface area contributed by atoms with E-state index < -0.39 is 0 Å². The Balaban J connectivity index is -0.0000000350. The highest BCUT2D eigenvalue weighted by atomic mass is 14.7. The Bertz CT molecular complexity index is 357. The molecule has 0 rings (SSSR count). The van der Waals surface area contributed by atoms with E-state index in [1.54, 1.807) is 5.57 Å². The van der Waals surface area contributed by atoms with Gasteiger partial charge in [0.2, 0.25) is 0 Å². The average Bonchev–Trinajstić information content (AvgIpc) is 2.63. The summed E-state index contributed by atoms with van der Waals surface area (Å²) < 4.78 is 0. The van der Waals surface area contributed by atoms with E-state index in [0.29, 0.717) is 0 Å². The van der Waals surface area contributed by atoms with Crippen LogP contribution in [0.3, 0.4) is 0 Å². The second kappa shape index (κ2) is 46.2. The summed E-state index contributed by atoms with van der Waals surface area (Å²) in [7, 11) is 3.68. The maximum atomic E-state index is 3.99. The highest BCUT2D eigenvalue weighted by Gasteiger charge is 1.87. The topological polar surface area (TPSA) is 24.7 Å². The maximum absolute atomic E-state index is 3.99. The zero-order valence-corrected chi connectivity index (χ0v) is 20.3. The van der Waals surface area contributed by atoms with Crippen LogP contribution in [0.2, 0.25) is 0 Å². The Labute approximate surface area is 196 Å². The second-order valence-corrected chi connectivity index (χ2v) is 6.61. The van der Waals surface area contributed by atoms with Gasteiger partial charge >= 0.3 is 0 Å². The summed E-state index contributed by atoms with van der Waals surface area (Å²) in [6.07, 6.45) is 11.3. The van der Waals surface area contributed by atoms with Crippen molar-refractivity contribution in [1.82, 2.24) is 0 Å². The molecule has 0 aliphatic carbocycles. The van der Waals surface area contributed by atoms with Crippen LogP contribution in [0.25, 0.3) is 0 Å². The van der Waals surface area contributed by atoms with E-state index in [-0.39, 0.29) is 29.7 Å². The van der Waals surface area contributed by atoms with Gasteiger partial charge in [0.25, 0.3) is 0 Å². The lowest BCUT2D eigenvalue weighted by Crippen LogP contribution is -1.86. The van der Waals surface area contributed by atoms with Crippen LogP contribution in [-0.2, 0) is 0 Å². The molecule has 0 atom stereocenters. The Hall–Kier alpha value is -1.18. The minimum atomic E-state index is 0. The molecule has 0 aromatic heterocycles. The molecule has 2 nitrogen and oxygen atoms in total. The van der Waals surface area contributed by atoms with Gasteiger partial charge in [0, 0.05) is 25.5 Å². The first-order valence-corrected chi connectivity index (χ1v) is 10.3. The van der Waals surface area contributed by atoms with Crippen molar-refractivity contribution >= 4 is 11.4 Å². The highest BCUT2D eigenvalue weighted by molar-refractivity contribution is 5.81. The molecule has 0 aromatic rings. The van der Waals surface area contributed by atoms with Gasteiger partial charge in [-0.15, -0.1) is 0 Å². The molecule has 2 heteroatoms. The zero-order valence-electron chi connectivity index (χ0n) is 20.3. The number of allylic oxidation sites excluding steroid dienone is 4. The van der Waals surface area contributed by atoms with Gasteiger partial charge < -0.3 is 0 Å². The second-order valence-electron chi connectivity index (χ2n) is 6.61. The van der Waals surface area contributed by atoms with Crippen LogP contribution in [0.5, 0.6) is 0 Å². The van der Waals surface area contributed by atoms with Gasteiger partial charge in [-0.25, -0.2) is 0 Å². The van der Waals surface area contributed by atoms with E-state index in [9.17, 15) is 0 Å². The van der Waals surface area contributed by atoms with Crippen molar-refractivity contribution in [1.29, 1.82) is 0 Å². The molecule has 0 aromatic carbocycles. The molecule has 0 amide bonds. The van der Waals surface area contributed by atoms with Crippen molar-refractivity contribution in [2.24, 2.45) is 9.98 Å². The fourth-order valence-electron chi connectivity index (χ4n) is 1.57. The van der Waals surface area contributed by atoms with Gasteiger partial charge in [0.15, 0.2) is 0 Å². The van der Waals surface area contributed by atoms with Crippen molar-refractivity contribution in [3.05, 3.63) is 23.3 Å². The number of rotatable bonds is 6. The van der Waals surface area contributed by atoms with E-state index in [4.69, 9.17) is 0 Å². The van der Waals surface area contributed by atoms with Crippen LogP contribution in [0, 0.1) is 0 Å². The predicted molar refractivity (Wildman–Crippen MR) is 154 cm³/mol. The van der Waals surface area contributed by atoms with E-state index in [2.05, 4.69) is 65.4 Å². The third-order valence-corrected chi connectivity index (χ3v) is 3.80. The first-order chi connectivity index (χ1) is 12.2. The summed E-state index contributed by atoms with van der Waals surface area (Å²) in [4.78, 5) is 7.99. The van der Waals surface area contributed by atoms with E-state index >= 15 is 0 Å². The number of hydrogen-bond donors (Lipinski definition) is 0. The zero-order chi connectivity index (χ0) is 21.4. The summed E-state index contributed by atoms with van der Waals surface area (Å²) in [5.41, 5.74) is 5.53. The molecular formula is C28H66N2. The van der Waals surface area contributed by atoms with Crippen LogP contribution < -0.4 is 0 Å². The van der Waals surface area contributed by atoms with Gasteiger partial charge in [-0.05, 0) is 67.7 Å². The molecule has 0 N–H and O–H groups in total. The Kier molecular flexibility index (Phi) is 79.2. The normalized spacial score (nSPS) is 9.33. The summed E-state index contributed by atoms with van der Waals surface area (Å²) in [6.45, 7) is 21.2. The molecule has 0 fully saturated rings. The van der Waals surface area contributed by atoms with Gasteiger partial charge in [-0.2, -0.15) is 0 Å². The highest BCUT2D eigenvalue weighted by Crippen LogP contribution is 2.07. The van der Waals surface area contributed by atoms with Crippen molar-refractivity contribution in [2.45, 2.75) is 137 Å². The third-order valence-electron chi connectivity index (χ3n) is 3.80. The van der Waals surface area contributed by atoms with Gasteiger partial charge in [-0.1, -0.05) is 93.0 Å². The van der Waals surface area contributed by atoms with Crippen molar-refractivity contribution in [3.63, 3.8) is 0 Å². The molecule has 188 valence electrons. The molecule has 0 aliphatic rings. The van der Waals surface area contributed by atoms with E-state index in [1.807, 2.05) is 40.1 Å². The molecule has 0 unspecified atom stereocenters. The molecule has 30 heavy (non-hydrogen) atoms. The molecule has 0 saturated carbocycles. The number of nitrogens with zero attached hydrogens (tertiary/aromatic N) is 2. The lowest BCUT2D eigenvalue weighted by molar-refractivity contribution is 0.890. The Morgan fingerprint density at radius 1 is 0.567 bits per heavy atom. The maximum Gasteiger partial charge on any atom is 0.0276 e. The minimum absolute atomic E-state index is 0. The lowest BCUT2D eigenvalue weighted by Gasteiger charge is -1.98. The quantitative estimate of drug-likeness (QED) is 0.295. The van der Waals surface area contributed by atoms with Gasteiger partial charge in [0.05, 0.1) is 0 Å². The lowest BCUT2D eigenvalue weighted by atomic mass is 10.1. The van der Waals surface area contributed by atoms with Crippen molar-refractivity contribution in [2.75, 3.05) is 14.1 Å². The SMILES string of the molecule is C.C.C.C.C/C=C\C.CCCC(C)=C(C)C.CCCC(C)=NC.CCCC(C)=NC. The fourth-order valence-corrected chi connectivity index (χ4v) is 1.57.